The molecule has 2 aromatic heterocycles. The van der Waals surface area contributed by atoms with Gasteiger partial charge in [-0.15, -0.1) is 0 Å². The van der Waals surface area contributed by atoms with Crippen LogP contribution in [0.5, 0.6) is 0 Å². The van der Waals surface area contributed by atoms with Gasteiger partial charge in [-0.25, -0.2) is 13.4 Å². The molecule has 9 nitrogen and oxygen atoms in total. The first-order valence-corrected chi connectivity index (χ1v) is 13.2. The van der Waals surface area contributed by atoms with Crippen LogP contribution in [0.25, 0.3) is 22.2 Å². The zero-order chi connectivity index (χ0) is 23.3. The van der Waals surface area contributed by atoms with Crippen molar-refractivity contribution >= 4 is 32.7 Å². The topological polar surface area (TPSA) is 98.8 Å². The highest BCUT2D eigenvalue weighted by Crippen LogP contribution is 2.36. The number of ether oxygens (including phenoxy) is 1. The van der Waals surface area contributed by atoms with Gasteiger partial charge < -0.3 is 19.5 Å². The van der Waals surface area contributed by atoms with Crippen molar-refractivity contribution in [3.05, 3.63) is 42.6 Å². The number of morpholine rings is 1. The van der Waals surface area contributed by atoms with Gasteiger partial charge in [-0.05, 0) is 31.0 Å². The van der Waals surface area contributed by atoms with Gasteiger partial charge in [-0.3, -0.25) is 4.79 Å². The van der Waals surface area contributed by atoms with Gasteiger partial charge in [-0.2, -0.15) is 4.31 Å². The molecule has 178 valence electrons. The van der Waals surface area contributed by atoms with Crippen LogP contribution < -0.4 is 4.90 Å². The number of carbonyl (C=O) groups excluding carboxylic acids is 1. The molecule has 0 saturated carbocycles. The fraction of sp³-hybridized carbons (Fsp3) is 0.417. The second-order valence-electron chi connectivity index (χ2n) is 9.01. The molecule has 3 aromatic rings. The third kappa shape index (κ3) is 3.57. The summed E-state index contributed by atoms with van der Waals surface area (Å²) in [4.78, 5) is 25.0. The first-order valence-electron chi connectivity index (χ1n) is 11.7. The third-order valence-electron chi connectivity index (χ3n) is 7.00. The number of H-pyrrole nitrogens is 1. The predicted molar refractivity (Wildman–Crippen MR) is 128 cm³/mol. The Labute approximate surface area is 198 Å². The zero-order valence-corrected chi connectivity index (χ0v) is 19.6. The zero-order valence-electron chi connectivity index (χ0n) is 18.8. The van der Waals surface area contributed by atoms with E-state index >= 15 is 0 Å². The number of benzene rings is 1. The van der Waals surface area contributed by atoms with E-state index in [1.54, 1.807) is 11.0 Å². The Hall–Kier alpha value is -2.95. The minimum absolute atomic E-state index is 0.116. The number of para-hydroxylation sites is 1. The number of carbonyl (C=O) groups is 1. The van der Waals surface area contributed by atoms with E-state index in [4.69, 9.17) is 4.74 Å². The van der Waals surface area contributed by atoms with Gasteiger partial charge in [0.25, 0.3) is 0 Å². The number of hydrogen-bond donors (Lipinski definition) is 1. The normalized spacial score (nSPS) is 21.4. The van der Waals surface area contributed by atoms with Gasteiger partial charge >= 0.3 is 0 Å². The Kier molecular flexibility index (Phi) is 5.31. The summed E-state index contributed by atoms with van der Waals surface area (Å²) in [5, 5.41) is 1.05. The minimum Gasteiger partial charge on any atom is -0.378 e. The second-order valence-corrected chi connectivity index (χ2v) is 10.9. The summed E-state index contributed by atoms with van der Waals surface area (Å²) < 4.78 is 33.8. The van der Waals surface area contributed by atoms with Crippen LogP contribution in [0.3, 0.4) is 0 Å². The summed E-state index contributed by atoms with van der Waals surface area (Å²) in [6.07, 6.45) is 3.06. The Bertz CT molecular complexity index is 1310. The average molecular weight is 482 g/mol. The second kappa shape index (κ2) is 8.37. The highest BCUT2D eigenvalue weighted by Gasteiger charge is 2.45. The molecule has 34 heavy (non-hydrogen) atoms. The smallest absolute Gasteiger partial charge is 0.245 e. The fourth-order valence-corrected chi connectivity index (χ4v) is 6.40. The number of rotatable bonds is 5. The summed E-state index contributed by atoms with van der Waals surface area (Å²) in [5.74, 6) is 0.639. The predicted octanol–water partition coefficient (Wildman–Crippen LogP) is 2.06. The van der Waals surface area contributed by atoms with E-state index in [0.29, 0.717) is 39.3 Å². The van der Waals surface area contributed by atoms with Gasteiger partial charge in [0.15, 0.2) is 0 Å². The van der Waals surface area contributed by atoms with Gasteiger partial charge in [-0.1, -0.05) is 18.2 Å². The van der Waals surface area contributed by atoms with Gasteiger partial charge in [0.2, 0.25) is 15.9 Å². The van der Waals surface area contributed by atoms with Crippen LogP contribution in [0.1, 0.15) is 12.8 Å². The maximum absolute atomic E-state index is 13.6. The van der Waals surface area contributed by atoms with E-state index in [9.17, 15) is 13.2 Å². The number of aromatic amines is 1. The standard InChI is InChI=1S/C24H27N5O4S/c30-24(28-10-12-33-13-11-28)22-6-9-29(22)34(31,32)18-15-19(23(25-16-18)27-7-3-8-27)21-14-17-4-1-2-5-20(17)26-21/h1-2,4-5,14-16,22,26H,3,6-13H2/t22-/m0/s1. The molecule has 0 aliphatic carbocycles. The van der Waals surface area contributed by atoms with E-state index in [1.165, 1.54) is 10.5 Å². The van der Waals surface area contributed by atoms with E-state index < -0.39 is 16.1 Å². The number of fused-ring (bicyclic) bond motifs is 1. The molecule has 3 fully saturated rings. The van der Waals surface area contributed by atoms with Crippen molar-refractivity contribution in [1.82, 2.24) is 19.2 Å². The van der Waals surface area contributed by atoms with Crippen LogP contribution >= 0.6 is 0 Å². The maximum Gasteiger partial charge on any atom is 0.245 e. The van der Waals surface area contributed by atoms with Crippen molar-refractivity contribution in [3.8, 4) is 11.3 Å². The van der Waals surface area contributed by atoms with Crippen LogP contribution in [0.2, 0.25) is 0 Å². The van der Waals surface area contributed by atoms with Crippen LogP contribution in [0.4, 0.5) is 5.82 Å². The lowest BCUT2D eigenvalue weighted by atomic mass is 10.1. The molecule has 5 heterocycles. The number of anilines is 1. The number of aromatic nitrogens is 2. The SMILES string of the molecule is O=C([C@@H]1CCN1S(=O)(=O)c1cnc(N2CCC2)c(-c2cc3ccccc3[nH]2)c1)N1CCOCC1. The number of hydrogen-bond acceptors (Lipinski definition) is 6. The molecular formula is C24H27N5O4S. The molecule has 0 spiro atoms. The molecule has 1 atom stereocenters. The van der Waals surface area contributed by atoms with Gasteiger partial charge in [0, 0.05) is 55.4 Å². The minimum atomic E-state index is -3.87. The third-order valence-corrected chi connectivity index (χ3v) is 8.88. The summed E-state index contributed by atoms with van der Waals surface area (Å²) in [6.45, 7) is 4.10. The van der Waals surface area contributed by atoms with Crippen molar-refractivity contribution in [1.29, 1.82) is 0 Å². The van der Waals surface area contributed by atoms with E-state index in [1.807, 2.05) is 30.3 Å². The first-order chi connectivity index (χ1) is 16.5. The van der Waals surface area contributed by atoms with Crippen molar-refractivity contribution in [2.75, 3.05) is 50.8 Å². The molecule has 1 aromatic carbocycles. The van der Waals surface area contributed by atoms with Gasteiger partial charge in [0.05, 0.1) is 18.9 Å². The quantitative estimate of drug-likeness (QED) is 0.599. The van der Waals surface area contributed by atoms with E-state index in [0.717, 1.165) is 47.5 Å². The molecule has 0 radical (unpaired) electrons. The van der Waals surface area contributed by atoms with E-state index in [2.05, 4.69) is 14.9 Å². The number of nitrogens with one attached hydrogen (secondary N) is 1. The number of amides is 1. The number of nitrogens with zero attached hydrogens (tertiary/aromatic N) is 4. The lowest BCUT2D eigenvalue weighted by molar-refractivity contribution is -0.142. The van der Waals surface area contributed by atoms with Crippen molar-refractivity contribution < 1.29 is 17.9 Å². The summed E-state index contributed by atoms with van der Waals surface area (Å²) in [5.41, 5.74) is 2.57. The Morgan fingerprint density at radius 1 is 1.06 bits per heavy atom. The summed E-state index contributed by atoms with van der Waals surface area (Å²) in [7, 11) is -3.87. The van der Waals surface area contributed by atoms with Gasteiger partial charge in [0.1, 0.15) is 16.8 Å². The monoisotopic (exact) mass is 481 g/mol. The van der Waals surface area contributed by atoms with E-state index in [-0.39, 0.29) is 10.8 Å². The molecule has 1 amide bonds. The highest BCUT2D eigenvalue weighted by molar-refractivity contribution is 7.89. The summed E-state index contributed by atoms with van der Waals surface area (Å²) in [6, 6.07) is 11.0. The molecule has 3 aliphatic heterocycles. The van der Waals surface area contributed by atoms with Crippen molar-refractivity contribution in [3.63, 3.8) is 0 Å². The van der Waals surface area contributed by atoms with Crippen LogP contribution in [0, 0.1) is 0 Å². The molecule has 1 N–H and O–H groups in total. The lowest BCUT2D eigenvalue weighted by Gasteiger charge is -2.41. The molecule has 0 bridgehead atoms. The van der Waals surface area contributed by atoms with Crippen molar-refractivity contribution in [2.24, 2.45) is 0 Å². The Morgan fingerprint density at radius 2 is 1.85 bits per heavy atom. The largest absolute Gasteiger partial charge is 0.378 e. The lowest BCUT2D eigenvalue weighted by Crippen LogP contribution is -2.60. The van der Waals surface area contributed by atoms with Crippen LogP contribution in [-0.4, -0.2) is 85.5 Å². The van der Waals surface area contributed by atoms with Crippen molar-refractivity contribution in [2.45, 2.75) is 23.8 Å². The Balaban J connectivity index is 1.35. The average Bonchev–Trinajstić information content (AvgIpc) is 3.22. The molecular weight excluding hydrogens is 454 g/mol. The molecule has 0 unspecified atom stereocenters. The number of pyridine rings is 1. The molecule has 3 saturated heterocycles. The fourth-order valence-electron chi connectivity index (χ4n) is 4.80. The molecule has 3 aliphatic rings. The van der Waals surface area contributed by atoms with Crippen LogP contribution in [0.15, 0.2) is 47.5 Å². The first kappa shape index (κ1) is 21.6. The highest BCUT2D eigenvalue weighted by atomic mass is 32.2. The molecule has 6 rings (SSSR count). The number of sulfonamides is 1. The van der Waals surface area contributed by atoms with Crippen LogP contribution in [-0.2, 0) is 19.6 Å². The summed E-state index contributed by atoms with van der Waals surface area (Å²) >= 11 is 0. The molecule has 10 heteroatoms. The maximum atomic E-state index is 13.6. The Morgan fingerprint density at radius 3 is 2.53 bits per heavy atom.